The van der Waals surface area contributed by atoms with Crippen LogP contribution >= 0.6 is 0 Å². The summed E-state index contributed by atoms with van der Waals surface area (Å²) in [5.41, 5.74) is 8.41. The monoisotopic (exact) mass is 250 g/mol. The van der Waals surface area contributed by atoms with E-state index in [2.05, 4.69) is 35.6 Å². The van der Waals surface area contributed by atoms with E-state index in [0.717, 1.165) is 12.8 Å². The Morgan fingerprint density at radius 1 is 1.39 bits per heavy atom. The van der Waals surface area contributed by atoms with Gasteiger partial charge in [-0.1, -0.05) is 0 Å². The van der Waals surface area contributed by atoms with E-state index in [4.69, 9.17) is 10.3 Å². The summed E-state index contributed by atoms with van der Waals surface area (Å²) in [6, 6.07) is 0.415. The molecule has 1 heterocycles. The zero-order valence-corrected chi connectivity index (χ0v) is 10.00. The van der Waals surface area contributed by atoms with E-state index < -0.39 is 0 Å². The van der Waals surface area contributed by atoms with E-state index in [0.29, 0.717) is 31.1 Å². The third-order valence-corrected chi connectivity index (χ3v) is 2.26. The summed E-state index contributed by atoms with van der Waals surface area (Å²) in [4.78, 5) is 14.8. The fourth-order valence-electron chi connectivity index (χ4n) is 1.27. The van der Waals surface area contributed by atoms with Crippen LogP contribution in [0.2, 0.25) is 0 Å². The van der Waals surface area contributed by atoms with Crippen LogP contribution in [-0.4, -0.2) is 41.3 Å². The molecule has 1 aliphatic carbocycles. The molecule has 2 rings (SSSR count). The number of nitrogens with one attached hydrogen (secondary N) is 2. The molecule has 0 saturated heterocycles. The van der Waals surface area contributed by atoms with E-state index in [1.54, 1.807) is 7.11 Å². The maximum atomic E-state index is 8.41. The molecule has 0 bridgehead atoms. The number of hydrogen-bond acceptors (Lipinski definition) is 7. The smallest absolute Gasteiger partial charge is 0.228 e. The van der Waals surface area contributed by atoms with Crippen molar-refractivity contribution in [1.82, 2.24) is 15.0 Å². The maximum absolute atomic E-state index is 8.41. The lowest BCUT2D eigenvalue weighted by Gasteiger charge is -2.07. The first-order valence-electron chi connectivity index (χ1n) is 5.62. The molecule has 1 aliphatic rings. The number of aromatic nitrogens is 3. The molecular formula is C9H14N8O. The molecule has 96 valence electrons. The molecule has 9 nitrogen and oxygen atoms in total. The van der Waals surface area contributed by atoms with Gasteiger partial charge < -0.3 is 15.4 Å². The van der Waals surface area contributed by atoms with Gasteiger partial charge in [0.05, 0.1) is 6.61 Å². The molecule has 0 amide bonds. The summed E-state index contributed by atoms with van der Waals surface area (Å²) >= 11 is 0. The van der Waals surface area contributed by atoms with Gasteiger partial charge in [0.25, 0.3) is 0 Å². The third kappa shape index (κ3) is 3.72. The fraction of sp³-hybridized carbons (Fsp3) is 0.667. The molecule has 1 saturated carbocycles. The molecule has 0 aromatic carbocycles. The largest absolute Gasteiger partial charge is 0.383 e. The molecule has 0 spiro atoms. The lowest BCUT2D eigenvalue weighted by Crippen LogP contribution is -2.13. The summed E-state index contributed by atoms with van der Waals surface area (Å²) in [5, 5.41) is 9.49. The van der Waals surface area contributed by atoms with Crippen molar-refractivity contribution in [1.29, 1.82) is 0 Å². The fourth-order valence-corrected chi connectivity index (χ4v) is 1.27. The van der Waals surface area contributed by atoms with Crippen LogP contribution in [0.1, 0.15) is 12.8 Å². The van der Waals surface area contributed by atoms with Crippen LogP contribution in [0.25, 0.3) is 10.4 Å². The normalized spacial score (nSPS) is 13.8. The standard InChI is InChI=1S/C9H14N8O/c1-18-5-4-11-7-13-8(12-6-2-3-6)15-9(14-7)16-17-10/h6H,2-5H2,1H3,(H2,11,12,13,14,15). The van der Waals surface area contributed by atoms with Crippen LogP contribution < -0.4 is 10.6 Å². The number of ether oxygens (including phenoxy) is 1. The molecule has 9 heteroatoms. The molecule has 2 N–H and O–H groups in total. The summed E-state index contributed by atoms with van der Waals surface area (Å²) in [7, 11) is 1.61. The second-order valence-electron chi connectivity index (χ2n) is 3.81. The van der Waals surface area contributed by atoms with E-state index in [1.807, 2.05) is 0 Å². The SMILES string of the molecule is COCCNc1nc(N=[N+]=[N-])nc(NC2CC2)n1. The minimum absolute atomic E-state index is 0.0515. The topological polar surface area (TPSA) is 121 Å². The van der Waals surface area contributed by atoms with Crippen molar-refractivity contribution in [3.05, 3.63) is 10.4 Å². The molecule has 1 aromatic heterocycles. The second-order valence-corrected chi connectivity index (χ2v) is 3.81. The first-order valence-corrected chi connectivity index (χ1v) is 5.62. The summed E-state index contributed by atoms with van der Waals surface area (Å²) < 4.78 is 4.91. The van der Waals surface area contributed by atoms with Gasteiger partial charge in [0, 0.05) is 24.6 Å². The first-order chi connectivity index (χ1) is 8.81. The first kappa shape index (κ1) is 12.3. The van der Waals surface area contributed by atoms with E-state index in [9.17, 15) is 0 Å². The Morgan fingerprint density at radius 3 is 2.83 bits per heavy atom. The zero-order chi connectivity index (χ0) is 12.8. The Bertz CT molecular complexity index is 454. The van der Waals surface area contributed by atoms with Gasteiger partial charge in [-0.25, -0.2) is 0 Å². The van der Waals surface area contributed by atoms with Gasteiger partial charge in [0.2, 0.25) is 17.8 Å². The Hall–Kier alpha value is -2.12. The number of anilines is 2. The quantitative estimate of drug-likeness (QED) is 0.327. The highest BCUT2D eigenvalue weighted by atomic mass is 16.5. The predicted octanol–water partition coefficient (Wildman–Crippen LogP) is 1.45. The molecule has 1 fully saturated rings. The number of rotatable bonds is 7. The van der Waals surface area contributed by atoms with Crippen molar-refractivity contribution in [3.63, 3.8) is 0 Å². The number of nitrogens with zero attached hydrogens (tertiary/aromatic N) is 6. The minimum Gasteiger partial charge on any atom is -0.383 e. The minimum atomic E-state index is 0.0515. The lowest BCUT2D eigenvalue weighted by molar-refractivity contribution is 0.210. The molecule has 0 unspecified atom stereocenters. The van der Waals surface area contributed by atoms with Crippen molar-refractivity contribution in [2.24, 2.45) is 5.11 Å². The summed E-state index contributed by atoms with van der Waals surface area (Å²) in [6.45, 7) is 1.10. The lowest BCUT2D eigenvalue weighted by atomic mass is 10.6. The van der Waals surface area contributed by atoms with Crippen molar-refractivity contribution < 1.29 is 4.74 Å². The molecule has 1 aromatic rings. The van der Waals surface area contributed by atoms with Gasteiger partial charge in [-0.15, -0.1) is 0 Å². The van der Waals surface area contributed by atoms with Gasteiger partial charge in [-0.05, 0) is 23.5 Å². The Morgan fingerprint density at radius 2 is 2.17 bits per heavy atom. The van der Waals surface area contributed by atoms with E-state index in [-0.39, 0.29) is 5.95 Å². The van der Waals surface area contributed by atoms with Gasteiger partial charge >= 0.3 is 0 Å². The predicted molar refractivity (Wildman–Crippen MR) is 65.6 cm³/mol. The van der Waals surface area contributed by atoms with Crippen LogP contribution in [0, 0.1) is 0 Å². The van der Waals surface area contributed by atoms with Crippen molar-refractivity contribution >= 4 is 17.8 Å². The Labute approximate surface area is 104 Å². The van der Waals surface area contributed by atoms with Crippen LogP contribution in [0.15, 0.2) is 5.11 Å². The molecule has 0 aliphatic heterocycles. The second kappa shape index (κ2) is 5.99. The highest BCUT2D eigenvalue weighted by Crippen LogP contribution is 2.24. The average Bonchev–Trinajstić information content (AvgIpc) is 3.13. The molecule has 0 atom stereocenters. The highest BCUT2D eigenvalue weighted by molar-refractivity contribution is 5.40. The zero-order valence-electron chi connectivity index (χ0n) is 10.00. The Balaban J connectivity index is 2.09. The van der Waals surface area contributed by atoms with Crippen molar-refractivity contribution in [3.8, 4) is 0 Å². The average molecular weight is 250 g/mol. The van der Waals surface area contributed by atoms with Crippen LogP contribution in [0.3, 0.4) is 0 Å². The van der Waals surface area contributed by atoms with Crippen molar-refractivity contribution in [2.75, 3.05) is 30.9 Å². The number of azide groups is 1. The van der Waals surface area contributed by atoms with E-state index >= 15 is 0 Å². The number of hydrogen-bond donors (Lipinski definition) is 2. The van der Waals surface area contributed by atoms with Gasteiger partial charge in [0.15, 0.2) is 0 Å². The van der Waals surface area contributed by atoms with Gasteiger partial charge in [-0.2, -0.15) is 15.0 Å². The third-order valence-electron chi connectivity index (χ3n) is 2.26. The van der Waals surface area contributed by atoms with E-state index in [1.165, 1.54) is 0 Å². The molecular weight excluding hydrogens is 236 g/mol. The van der Waals surface area contributed by atoms with Crippen LogP contribution in [-0.2, 0) is 4.74 Å². The maximum Gasteiger partial charge on any atom is 0.228 e. The summed E-state index contributed by atoms with van der Waals surface area (Å²) in [6.07, 6.45) is 2.21. The van der Waals surface area contributed by atoms with Crippen LogP contribution in [0.5, 0.6) is 0 Å². The Kier molecular flexibility index (Phi) is 4.11. The number of methoxy groups -OCH3 is 1. The van der Waals surface area contributed by atoms with Gasteiger partial charge in [-0.3, -0.25) is 0 Å². The van der Waals surface area contributed by atoms with Crippen molar-refractivity contribution in [2.45, 2.75) is 18.9 Å². The molecule has 18 heavy (non-hydrogen) atoms. The van der Waals surface area contributed by atoms with Crippen LogP contribution in [0.4, 0.5) is 17.8 Å². The molecule has 0 radical (unpaired) electrons. The summed E-state index contributed by atoms with van der Waals surface area (Å²) in [5.74, 6) is 0.845. The highest BCUT2D eigenvalue weighted by Gasteiger charge is 2.22. The van der Waals surface area contributed by atoms with Gasteiger partial charge in [0.1, 0.15) is 0 Å².